The van der Waals surface area contributed by atoms with Crippen LogP contribution in [0.15, 0.2) is 0 Å². The van der Waals surface area contributed by atoms with Crippen LogP contribution in [0, 0.1) is 0 Å². The molecule has 19 heavy (non-hydrogen) atoms. The summed E-state index contributed by atoms with van der Waals surface area (Å²) in [6, 6.07) is 0. The molecular formula is C13H28O5S. The van der Waals surface area contributed by atoms with Gasteiger partial charge >= 0.3 is 5.97 Å². The average Bonchev–Trinajstić information content (AvgIpc) is 2.24. The Labute approximate surface area is 117 Å². The van der Waals surface area contributed by atoms with Crippen LogP contribution in [0.2, 0.25) is 0 Å². The second-order valence-corrected chi connectivity index (χ2v) is 6.20. The van der Waals surface area contributed by atoms with Gasteiger partial charge in [0, 0.05) is 0 Å². The molecule has 0 amide bonds. The predicted molar refractivity (Wildman–Crippen MR) is 76.9 cm³/mol. The summed E-state index contributed by atoms with van der Waals surface area (Å²) >= 11 is 0. The highest BCUT2D eigenvalue weighted by Gasteiger charge is 2.29. The molecule has 0 heterocycles. The van der Waals surface area contributed by atoms with Gasteiger partial charge in [-0.15, -0.1) is 0 Å². The molecule has 1 atom stereocenters. The number of carboxylic acids is 1. The molecule has 116 valence electrons. The van der Waals surface area contributed by atoms with Crippen LogP contribution in [0.25, 0.3) is 0 Å². The van der Waals surface area contributed by atoms with Crippen LogP contribution in [0.5, 0.6) is 0 Å². The fourth-order valence-corrected chi connectivity index (χ4v) is 2.58. The van der Waals surface area contributed by atoms with Crippen molar-refractivity contribution < 1.29 is 22.9 Å². The molecule has 0 aromatic rings. The van der Waals surface area contributed by atoms with Crippen LogP contribution in [0.4, 0.5) is 0 Å². The number of unbranched alkanes of at least 4 members (excludes halogenated alkanes) is 7. The summed E-state index contributed by atoms with van der Waals surface area (Å²) in [5.74, 6) is -1.47. The van der Waals surface area contributed by atoms with Crippen molar-refractivity contribution in [2.75, 3.05) is 0 Å². The van der Waals surface area contributed by atoms with Gasteiger partial charge in [-0.05, 0) is 6.42 Å². The molecule has 1 unspecified atom stereocenters. The van der Waals surface area contributed by atoms with Crippen LogP contribution < -0.4 is 0 Å². The van der Waals surface area contributed by atoms with Gasteiger partial charge in [0.15, 0.2) is 5.25 Å². The van der Waals surface area contributed by atoms with E-state index < -0.39 is 21.3 Å². The summed E-state index contributed by atoms with van der Waals surface area (Å²) in [5, 5.41) is 7.00. The first-order valence-corrected chi connectivity index (χ1v) is 8.09. The van der Waals surface area contributed by atoms with Crippen molar-refractivity contribution in [1.82, 2.24) is 0 Å². The van der Waals surface area contributed by atoms with Gasteiger partial charge in [-0.3, -0.25) is 9.35 Å². The van der Waals surface area contributed by atoms with Crippen LogP contribution in [-0.4, -0.2) is 29.3 Å². The Kier molecular flexibility index (Phi) is 12.2. The van der Waals surface area contributed by atoms with E-state index in [1.54, 1.807) is 0 Å². The van der Waals surface area contributed by atoms with Crippen molar-refractivity contribution >= 4 is 16.1 Å². The molecule has 0 aliphatic rings. The largest absolute Gasteiger partial charge is 0.480 e. The van der Waals surface area contributed by atoms with E-state index in [2.05, 4.69) is 6.92 Å². The summed E-state index contributed by atoms with van der Waals surface area (Å²) in [6.45, 7) is 2.15. The van der Waals surface area contributed by atoms with E-state index in [0.717, 1.165) is 19.3 Å². The Morgan fingerprint density at radius 2 is 1.42 bits per heavy atom. The van der Waals surface area contributed by atoms with Crippen molar-refractivity contribution in [3.8, 4) is 0 Å². The highest BCUT2D eigenvalue weighted by Crippen LogP contribution is 2.13. The van der Waals surface area contributed by atoms with E-state index in [1.807, 2.05) is 0 Å². The van der Waals surface area contributed by atoms with Crippen molar-refractivity contribution in [3.63, 3.8) is 0 Å². The van der Waals surface area contributed by atoms with Gasteiger partial charge in [0.1, 0.15) is 0 Å². The molecule has 5 nitrogen and oxygen atoms in total. The molecule has 0 aromatic carbocycles. The summed E-state index contributed by atoms with van der Waals surface area (Å²) < 4.78 is 30.3. The number of aliphatic carboxylic acids is 1. The summed E-state index contributed by atoms with van der Waals surface area (Å²) in [6.07, 6.45) is 8.25. The van der Waals surface area contributed by atoms with E-state index in [4.69, 9.17) is 9.66 Å². The lowest BCUT2D eigenvalue weighted by molar-refractivity contribution is -0.136. The fraction of sp³-hybridized carbons (Fsp3) is 0.923. The number of carboxylic acid groups (broad SMARTS) is 1. The first-order valence-electron chi connectivity index (χ1n) is 6.58. The Balaban J connectivity index is 0. The van der Waals surface area contributed by atoms with E-state index in [0.29, 0.717) is 6.42 Å². The zero-order valence-corrected chi connectivity index (χ0v) is 11.8. The van der Waals surface area contributed by atoms with Crippen molar-refractivity contribution in [2.45, 2.75) is 77.4 Å². The van der Waals surface area contributed by atoms with Gasteiger partial charge in [0.2, 0.25) is 0 Å². The first-order chi connectivity index (χ1) is 8.39. The summed E-state index contributed by atoms with van der Waals surface area (Å²) in [7, 11) is -4.47. The van der Waals surface area contributed by atoms with Crippen molar-refractivity contribution in [2.24, 2.45) is 0 Å². The Hall–Kier alpha value is -0.620. The van der Waals surface area contributed by atoms with Crippen LogP contribution >= 0.6 is 0 Å². The summed E-state index contributed by atoms with van der Waals surface area (Å²) in [5.41, 5.74) is 0. The molecule has 2 N–H and O–H groups in total. The zero-order valence-electron chi connectivity index (χ0n) is 11.0. The van der Waals surface area contributed by atoms with Gasteiger partial charge in [-0.2, -0.15) is 8.42 Å². The summed E-state index contributed by atoms with van der Waals surface area (Å²) in [4.78, 5) is 10.6. The Morgan fingerprint density at radius 1 is 1.00 bits per heavy atom. The molecule has 6 heteroatoms. The molecule has 0 radical (unpaired) electrons. The fourth-order valence-electron chi connectivity index (χ4n) is 1.86. The normalized spacial score (nSPS) is 12.7. The lowest BCUT2D eigenvalue weighted by Gasteiger charge is -2.08. The maximum Gasteiger partial charge on any atom is 0.324 e. The van der Waals surface area contributed by atoms with Crippen molar-refractivity contribution in [3.05, 3.63) is 0 Å². The highest BCUT2D eigenvalue weighted by atomic mass is 32.2. The molecule has 0 fully saturated rings. The SMILES string of the molecule is C.CCCCCCCCCCC(C(=O)O)S(=O)(=O)O. The lowest BCUT2D eigenvalue weighted by Crippen LogP contribution is -2.29. The van der Waals surface area contributed by atoms with E-state index in [1.165, 1.54) is 25.7 Å². The van der Waals surface area contributed by atoms with Crippen molar-refractivity contribution in [1.29, 1.82) is 0 Å². The third-order valence-electron chi connectivity index (χ3n) is 2.95. The zero-order chi connectivity index (χ0) is 14.0. The number of hydrogen-bond donors (Lipinski definition) is 2. The number of hydrogen-bond acceptors (Lipinski definition) is 3. The van der Waals surface area contributed by atoms with Gasteiger partial charge in [-0.25, -0.2) is 0 Å². The second-order valence-electron chi connectivity index (χ2n) is 4.61. The average molecular weight is 296 g/mol. The Bertz CT molecular complexity index is 324. The molecule has 0 aliphatic carbocycles. The van der Waals surface area contributed by atoms with Gasteiger partial charge < -0.3 is 5.11 Å². The topological polar surface area (TPSA) is 91.7 Å². The van der Waals surface area contributed by atoms with E-state index in [-0.39, 0.29) is 13.8 Å². The maximum absolute atomic E-state index is 10.8. The number of carbonyl (C=O) groups is 1. The molecule has 0 bridgehead atoms. The molecule has 0 aromatic heterocycles. The maximum atomic E-state index is 10.8. The highest BCUT2D eigenvalue weighted by molar-refractivity contribution is 7.87. The lowest BCUT2D eigenvalue weighted by atomic mass is 10.1. The van der Waals surface area contributed by atoms with Crippen LogP contribution in [0.3, 0.4) is 0 Å². The van der Waals surface area contributed by atoms with Crippen LogP contribution in [0.1, 0.15) is 72.1 Å². The third-order valence-corrected chi connectivity index (χ3v) is 4.11. The standard InChI is InChI=1S/C12H24O5S.CH4/c1-2-3-4-5-6-7-8-9-10-11(12(13)14)18(15,16)17;/h11H,2-10H2,1H3,(H,13,14)(H,15,16,17);1H4. The monoisotopic (exact) mass is 296 g/mol. The quantitative estimate of drug-likeness (QED) is 0.450. The van der Waals surface area contributed by atoms with Gasteiger partial charge in [-0.1, -0.05) is 65.7 Å². The minimum Gasteiger partial charge on any atom is -0.480 e. The van der Waals surface area contributed by atoms with Gasteiger partial charge in [0.05, 0.1) is 0 Å². The van der Waals surface area contributed by atoms with Gasteiger partial charge in [0.25, 0.3) is 10.1 Å². The minimum absolute atomic E-state index is 0. The molecule has 0 saturated carbocycles. The molecule has 0 rings (SSSR count). The molecular weight excluding hydrogens is 268 g/mol. The predicted octanol–water partition coefficient (Wildman–Crippen LogP) is 3.49. The molecule has 0 spiro atoms. The Morgan fingerprint density at radius 3 is 1.79 bits per heavy atom. The first kappa shape index (κ1) is 20.7. The molecule has 0 saturated heterocycles. The van der Waals surface area contributed by atoms with E-state index in [9.17, 15) is 13.2 Å². The molecule has 0 aliphatic heterocycles. The second kappa shape index (κ2) is 11.2. The third kappa shape index (κ3) is 10.9. The minimum atomic E-state index is -4.47. The number of rotatable bonds is 11. The van der Waals surface area contributed by atoms with E-state index >= 15 is 0 Å². The van der Waals surface area contributed by atoms with Crippen LogP contribution in [-0.2, 0) is 14.9 Å². The smallest absolute Gasteiger partial charge is 0.324 e.